The molecule has 0 bridgehead atoms. The summed E-state index contributed by atoms with van der Waals surface area (Å²) >= 11 is 0. The van der Waals surface area contributed by atoms with Crippen LogP contribution in [0.5, 0.6) is 5.75 Å². The predicted molar refractivity (Wildman–Crippen MR) is 118 cm³/mol. The second kappa shape index (κ2) is 9.96. The molecule has 148 valence electrons. The highest BCUT2D eigenvalue weighted by Gasteiger charge is 2.16. The Hall–Kier alpha value is -1.77. The van der Waals surface area contributed by atoms with Crippen LogP contribution in [0.1, 0.15) is 60.8 Å². The van der Waals surface area contributed by atoms with Crippen LogP contribution < -0.4 is 10.6 Å². The molecule has 0 atom stereocenters. The lowest BCUT2D eigenvalue weighted by atomic mass is 9.88. The van der Waals surface area contributed by atoms with Gasteiger partial charge in [-0.05, 0) is 48.8 Å². The second-order valence-corrected chi connectivity index (χ2v) is 7.06. The van der Waals surface area contributed by atoms with Crippen LogP contribution in [0.15, 0.2) is 27.7 Å². The number of aromatic nitrogens is 1. The van der Waals surface area contributed by atoms with Gasteiger partial charge in [-0.2, -0.15) is 0 Å². The molecule has 0 unspecified atom stereocenters. The van der Waals surface area contributed by atoms with Crippen LogP contribution in [0.3, 0.4) is 0 Å². The van der Waals surface area contributed by atoms with Gasteiger partial charge in [-0.25, -0.2) is 0 Å². The van der Waals surface area contributed by atoms with Crippen molar-refractivity contribution in [3.05, 3.63) is 46.3 Å². The maximum Gasteiger partial charge on any atom is 0.191 e. The topological polar surface area (TPSA) is 82.7 Å². The highest BCUT2D eigenvalue weighted by atomic mass is 127. The molecule has 1 aliphatic rings. The summed E-state index contributed by atoms with van der Waals surface area (Å²) in [5.41, 5.74) is 4.57. The Morgan fingerprint density at radius 3 is 2.67 bits per heavy atom. The average molecular weight is 484 g/mol. The van der Waals surface area contributed by atoms with Gasteiger partial charge in [0.15, 0.2) is 11.7 Å². The molecule has 0 spiro atoms. The lowest BCUT2D eigenvalue weighted by Crippen LogP contribution is -2.36. The quantitative estimate of drug-likeness (QED) is 0.341. The van der Waals surface area contributed by atoms with E-state index in [-0.39, 0.29) is 24.0 Å². The monoisotopic (exact) mass is 484 g/mol. The Kier molecular flexibility index (Phi) is 7.94. The third-order valence-corrected chi connectivity index (χ3v) is 4.88. The van der Waals surface area contributed by atoms with E-state index in [4.69, 9.17) is 4.52 Å². The lowest BCUT2D eigenvalue weighted by molar-refractivity contribution is 0.372. The number of phenolic OH excluding ortho intramolecular Hbond substituents is 1. The first kappa shape index (κ1) is 21.5. The van der Waals surface area contributed by atoms with Crippen LogP contribution in [0.4, 0.5) is 0 Å². The largest absolute Gasteiger partial charge is 0.508 e. The van der Waals surface area contributed by atoms with Crippen LogP contribution in [-0.4, -0.2) is 23.3 Å². The molecule has 0 aliphatic heterocycles. The van der Waals surface area contributed by atoms with E-state index in [1.165, 1.54) is 24.0 Å². The summed E-state index contributed by atoms with van der Waals surface area (Å²) in [4.78, 5) is 4.25. The SMILES string of the molecule is CN=C(NCc1cc(C(C)C)no1)NCc1c(O)ccc2c1CCCC2.I. The van der Waals surface area contributed by atoms with Gasteiger partial charge >= 0.3 is 0 Å². The van der Waals surface area contributed by atoms with E-state index in [0.717, 1.165) is 29.9 Å². The van der Waals surface area contributed by atoms with Crippen molar-refractivity contribution in [1.29, 1.82) is 0 Å². The van der Waals surface area contributed by atoms with Gasteiger partial charge in [0.1, 0.15) is 5.75 Å². The van der Waals surface area contributed by atoms with Crippen molar-refractivity contribution in [1.82, 2.24) is 15.8 Å². The minimum atomic E-state index is 0. The molecule has 0 saturated heterocycles. The molecule has 1 aromatic carbocycles. The molecule has 1 aliphatic carbocycles. The lowest BCUT2D eigenvalue weighted by Gasteiger charge is -2.21. The van der Waals surface area contributed by atoms with E-state index in [9.17, 15) is 5.11 Å². The molecule has 3 N–H and O–H groups in total. The minimum Gasteiger partial charge on any atom is -0.508 e. The molecule has 6 nitrogen and oxygen atoms in total. The van der Waals surface area contributed by atoms with E-state index in [1.807, 2.05) is 6.07 Å². The number of aliphatic imine (C=N–C) groups is 1. The number of nitrogens with one attached hydrogen (secondary N) is 2. The number of rotatable bonds is 5. The fourth-order valence-electron chi connectivity index (χ4n) is 3.34. The van der Waals surface area contributed by atoms with E-state index in [2.05, 4.69) is 40.7 Å². The molecular formula is C20H29IN4O2. The number of phenols is 1. The number of fused-ring (bicyclic) bond motifs is 1. The van der Waals surface area contributed by atoms with E-state index < -0.39 is 0 Å². The Labute approximate surface area is 177 Å². The van der Waals surface area contributed by atoms with Crippen molar-refractivity contribution in [2.24, 2.45) is 4.99 Å². The van der Waals surface area contributed by atoms with Crippen LogP contribution >= 0.6 is 24.0 Å². The first-order valence-electron chi connectivity index (χ1n) is 9.31. The summed E-state index contributed by atoms with van der Waals surface area (Å²) in [5, 5.41) is 20.9. The molecule has 0 fully saturated rings. The standard InChI is InChI=1S/C20H28N4O2.HI/c1-13(2)18-10-15(26-24-18)11-22-20(21-3)23-12-17-16-7-5-4-6-14(16)8-9-19(17)25;/h8-10,13,25H,4-7,11-12H2,1-3H3,(H2,21,22,23);1H. The number of halogens is 1. The van der Waals surface area contributed by atoms with E-state index >= 15 is 0 Å². The molecular weight excluding hydrogens is 455 g/mol. The molecule has 27 heavy (non-hydrogen) atoms. The number of nitrogens with zero attached hydrogens (tertiary/aromatic N) is 2. The Morgan fingerprint density at radius 1 is 1.22 bits per heavy atom. The van der Waals surface area contributed by atoms with Crippen molar-refractivity contribution < 1.29 is 9.63 Å². The summed E-state index contributed by atoms with van der Waals surface area (Å²) in [6, 6.07) is 5.82. The van der Waals surface area contributed by atoms with Crippen molar-refractivity contribution in [2.75, 3.05) is 7.05 Å². The average Bonchev–Trinajstić information content (AvgIpc) is 3.12. The van der Waals surface area contributed by atoms with Gasteiger partial charge in [-0.3, -0.25) is 4.99 Å². The Morgan fingerprint density at radius 2 is 1.96 bits per heavy atom. The van der Waals surface area contributed by atoms with Crippen LogP contribution in [0, 0.1) is 0 Å². The molecule has 3 rings (SSSR count). The van der Waals surface area contributed by atoms with Crippen molar-refractivity contribution in [3.8, 4) is 5.75 Å². The summed E-state index contributed by atoms with van der Waals surface area (Å²) in [7, 11) is 1.73. The first-order valence-corrected chi connectivity index (χ1v) is 9.31. The third kappa shape index (κ3) is 5.37. The predicted octanol–water partition coefficient (Wildman–Crippen LogP) is 3.87. The highest BCUT2D eigenvalue weighted by Crippen LogP contribution is 2.30. The summed E-state index contributed by atoms with van der Waals surface area (Å²) < 4.78 is 5.34. The second-order valence-electron chi connectivity index (χ2n) is 7.06. The highest BCUT2D eigenvalue weighted by molar-refractivity contribution is 14.0. The summed E-state index contributed by atoms with van der Waals surface area (Å²) in [5.74, 6) is 2.14. The number of aryl methyl sites for hydroxylation is 1. The maximum atomic E-state index is 10.3. The molecule has 1 heterocycles. The van der Waals surface area contributed by atoms with E-state index in [1.54, 1.807) is 13.1 Å². The minimum absolute atomic E-state index is 0. The van der Waals surface area contributed by atoms with Gasteiger partial charge in [0.05, 0.1) is 12.2 Å². The van der Waals surface area contributed by atoms with Gasteiger partial charge in [-0.1, -0.05) is 25.1 Å². The van der Waals surface area contributed by atoms with Crippen LogP contribution in [-0.2, 0) is 25.9 Å². The molecule has 0 radical (unpaired) electrons. The molecule has 7 heteroatoms. The van der Waals surface area contributed by atoms with Gasteiger partial charge in [-0.15, -0.1) is 24.0 Å². The zero-order chi connectivity index (χ0) is 18.5. The molecule has 0 saturated carbocycles. The fourth-order valence-corrected chi connectivity index (χ4v) is 3.34. The van der Waals surface area contributed by atoms with E-state index in [0.29, 0.717) is 30.7 Å². The van der Waals surface area contributed by atoms with Crippen molar-refractivity contribution in [2.45, 2.75) is 58.5 Å². The van der Waals surface area contributed by atoms with Gasteiger partial charge in [0.25, 0.3) is 0 Å². The molecule has 2 aromatic rings. The molecule has 0 amide bonds. The summed E-state index contributed by atoms with van der Waals surface area (Å²) in [6.45, 7) is 5.23. The zero-order valence-electron chi connectivity index (χ0n) is 16.2. The fraction of sp³-hybridized carbons (Fsp3) is 0.500. The Bertz CT molecular complexity index is 786. The smallest absolute Gasteiger partial charge is 0.191 e. The first-order chi connectivity index (χ1) is 12.6. The molecule has 1 aromatic heterocycles. The maximum absolute atomic E-state index is 10.3. The zero-order valence-corrected chi connectivity index (χ0v) is 18.5. The van der Waals surface area contributed by atoms with Crippen LogP contribution in [0.2, 0.25) is 0 Å². The number of guanidine groups is 1. The van der Waals surface area contributed by atoms with Crippen molar-refractivity contribution in [3.63, 3.8) is 0 Å². The van der Waals surface area contributed by atoms with Crippen molar-refractivity contribution >= 4 is 29.9 Å². The van der Waals surface area contributed by atoms with Gasteiger partial charge < -0.3 is 20.3 Å². The number of hydrogen-bond donors (Lipinski definition) is 3. The van der Waals surface area contributed by atoms with Gasteiger partial charge in [0.2, 0.25) is 0 Å². The van der Waals surface area contributed by atoms with Crippen LogP contribution in [0.25, 0.3) is 0 Å². The number of aromatic hydroxyl groups is 1. The third-order valence-electron chi connectivity index (χ3n) is 4.88. The number of benzene rings is 1. The van der Waals surface area contributed by atoms with Gasteiger partial charge in [0, 0.05) is 25.2 Å². The number of hydrogen-bond acceptors (Lipinski definition) is 4. The normalized spacial score (nSPS) is 13.9. The summed E-state index contributed by atoms with van der Waals surface area (Å²) in [6.07, 6.45) is 4.53. The Balaban J connectivity index is 0.00000261.